The first-order valence-corrected chi connectivity index (χ1v) is 7.53. The van der Waals surface area contributed by atoms with Crippen LogP contribution in [0.5, 0.6) is 5.75 Å². The lowest BCUT2D eigenvalue weighted by molar-refractivity contribution is -0.134. The third-order valence-electron chi connectivity index (χ3n) is 3.14. The van der Waals surface area contributed by atoms with Gasteiger partial charge in [0.25, 0.3) is 0 Å². The maximum Gasteiger partial charge on any atom is 0.243 e. The molecule has 0 aromatic heterocycles. The number of amides is 1. The van der Waals surface area contributed by atoms with Gasteiger partial charge in [0.2, 0.25) is 5.91 Å². The summed E-state index contributed by atoms with van der Waals surface area (Å²) in [6, 6.07) is 14.9. The number of ketones is 1. The van der Waals surface area contributed by atoms with E-state index in [1.807, 2.05) is 30.3 Å². The molecule has 0 spiro atoms. The van der Waals surface area contributed by atoms with Gasteiger partial charge in [-0.25, -0.2) is 9.87 Å². The highest BCUT2D eigenvalue weighted by atomic mass is 19.1. The quantitative estimate of drug-likeness (QED) is 0.436. The molecule has 126 valence electrons. The van der Waals surface area contributed by atoms with Gasteiger partial charge in [0.1, 0.15) is 24.8 Å². The zero-order valence-corrected chi connectivity index (χ0v) is 13.0. The summed E-state index contributed by atoms with van der Waals surface area (Å²) >= 11 is 0. The molecule has 0 atom stereocenters. The highest BCUT2D eigenvalue weighted by Crippen LogP contribution is 2.10. The van der Waals surface area contributed by atoms with Gasteiger partial charge in [-0.3, -0.25) is 14.4 Å². The molecule has 0 radical (unpaired) electrons. The second-order valence-electron chi connectivity index (χ2n) is 4.94. The number of hydroxylamine groups is 1. The molecule has 6 heteroatoms. The summed E-state index contributed by atoms with van der Waals surface area (Å²) in [5, 5.41) is 0. The standard InChI is InChI=1S/C18H18FNO4/c19-16-9-5-4-8-15(16)17(21)10-11-18(22)20-24-13-12-23-14-6-2-1-3-7-14/h1-9H,10-13H2,(H,20,22). The van der Waals surface area contributed by atoms with E-state index in [9.17, 15) is 14.0 Å². The van der Waals surface area contributed by atoms with Crippen molar-refractivity contribution in [2.45, 2.75) is 12.8 Å². The SMILES string of the molecule is O=C(CCC(=O)c1ccccc1F)NOCCOc1ccccc1. The van der Waals surface area contributed by atoms with Crippen LogP contribution in [0.4, 0.5) is 4.39 Å². The maximum atomic E-state index is 13.4. The molecule has 0 aliphatic heterocycles. The van der Waals surface area contributed by atoms with Crippen molar-refractivity contribution >= 4 is 11.7 Å². The number of hydrogen-bond donors (Lipinski definition) is 1. The molecular formula is C18H18FNO4. The molecular weight excluding hydrogens is 313 g/mol. The molecule has 0 aliphatic carbocycles. The molecule has 0 unspecified atom stereocenters. The predicted molar refractivity (Wildman–Crippen MR) is 86.0 cm³/mol. The first-order chi connectivity index (χ1) is 11.7. The molecule has 5 nitrogen and oxygen atoms in total. The van der Waals surface area contributed by atoms with Crippen molar-refractivity contribution < 1.29 is 23.6 Å². The fourth-order valence-electron chi connectivity index (χ4n) is 1.95. The lowest BCUT2D eigenvalue weighted by Crippen LogP contribution is -2.26. The normalized spacial score (nSPS) is 10.2. The van der Waals surface area contributed by atoms with Crippen LogP contribution in [0.2, 0.25) is 0 Å². The highest BCUT2D eigenvalue weighted by Gasteiger charge is 2.12. The minimum atomic E-state index is -0.586. The lowest BCUT2D eigenvalue weighted by Gasteiger charge is -2.07. The fourth-order valence-corrected chi connectivity index (χ4v) is 1.95. The number of hydrogen-bond acceptors (Lipinski definition) is 4. The summed E-state index contributed by atoms with van der Waals surface area (Å²) in [5.41, 5.74) is 2.21. The Labute approximate surface area is 139 Å². The molecule has 1 amide bonds. The first kappa shape index (κ1) is 17.6. The number of nitrogens with one attached hydrogen (secondary N) is 1. The summed E-state index contributed by atoms with van der Waals surface area (Å²) < 4.78 is 18.8. The van der Waals surface area contributed by atoms with E-state index in [1.54, 1.807) is 6.07 Å². The van der Waals surface area contributed by atoms with Crippen LogP contribution in [0.3, 0.4) is 0 Å². The summed E-state index contributed by atoms with van der Waals surface area (Å²) in [7, 11) is 0. The zero-order valence-electron chi connectivity index (χ0n) is 13.0. The van der Waals surface area contributed by atoms with Gasteiger partial charge in [-0.1, -0.05) is 30.3 Å². The van der Waals surface area contributed by atoms with Crippen LogP contribution in [0, 0.1) is 5.82 Å². The van der Waals surface area contributed by atoms with Crippen molar-refractivity contribution in [1.82, 2.24) is 5.48 Å². The topological polar surface area (TPSA) is 64.6 Å². The number of carbonyl (C=O) groups excluding carboxylic acids is 2. The Morgan fingerprint density at radius 1 is 0.917 bits per heavy atom. The molecule has 0 saturated carbocycles. The van der Waals surface area contributed by atoms with Crippen LogP contribution >= 0.6 is 0 Å². The lowest BCUT2D eigenvalue weighted by atomic mass is 10.1. The molecule has 2 aromatic rings. The third-order valence-corrected chi connectivity index (χ3v) is 3.14. The van der Waals surface area contributed by atoms with Crippen molar-refractivity contribution in [3.63, 3.8) is 0 Å². The van der Waals surface area contributed by atoms with Gasteiger partial charge in [0.15, 0.2) is 5.78 Å². The Kier molecular flexibility index (Phi) is 6.91. The molecule has 0 heterocycles. The van der Waals surface area contributed by atoms with E-state index in [2.05, 4.69) is 5.48 Å². The largest absolute Gasteiger partial charge is 0.491 e. The number of rotatable bonds is 9. The minimum Gasteiger partial charge on any atom is -0.491 e. The monoisotopic (exact) mass is 331 g/mol. The van der Waals surface area contributed by atoms with E-state index in [-0.39, 0.29) is 31.6 Å². The summed E-state index contributed by atoms with van der Waals surface area (Å²) in [5.74, 6) is -0.741. The van der Waals surface area contributed by atoms with Crippen molar-refractivity contribution in [2.75, 3.05) is 13.2 Å². The number of ether oxygens (including phenoxy) is 1. The zero-order chi connectivity index (χ0) is 17.2. The maximum absolute atomic E-state index is 13.4. The molecule has 2 rings (SSSR count). The van der Waals surface area contributed by atoms with E-state index < -0.39 is 17.5 Å². The van der Waals surface area contributed by atoms with Gasteiger partial charge in [-0.2, -0.15) is 0 Å². The fraction of sp³-hybridized carbons (Fsp3) is 0.222. The highest BCUT2D eigenvalue weighted by molar-refractivity contribution is 5.98. The van der Waals surface area contributed by atoms with Crippen LogP contribution in [0.1, 0.15) is 23.2 Å². The van der Waals surface area contributed by atoms with E-state index >= 15 is 0 Å². The van der Waals surface area contributed by atoms with Crippen molar-refractivity contribution in [3.8, 4) is 5.75 Å². The molecule has 2 aromatic carbocycles. The molecule has 1 N–H and O–H groups in total. The molecule has 0 fully saturated rings. The number of para-hydroxylation sites is 1. The van der Waals surface area contributed by atoms with E-state index in [4.69, 9.17) is 9.57 Å². The minimum absolute atomic E-state index is 0.0116. The molecule has 0 aliphatic rings. The summed E-state index contributed by atoms with van der Waals surface area (Å²) in [6.07, 6.45) is -0.163. The number of halogens is 1. The average molecular weight is 331 g/mol. The van der Waals surface area contributed by atoms with Gasteiger partial charge < -0.3 is 4.74 Å². The van der Waals surface area contributed by atoms with Gasteiger partial charge in [-0.15, -0.1) is 0 Å². The Hall–Kier alpha value is -2.73. The van der Waals surface area contributed by atoms with E-state index in [0.717, 1.165) is 0 Å². The van der Waals surface area contributed by atoms with Crippen LogP contribution in [-0.2, 0) is 9.63 Å². The van der Waals surface area contributed by atoms with Crippen molar-refractivity contribution in [1.29, 1.82) is 0 Å². The van der Waals surface area contributed by atoms with Crippen LogP contribution in [-0.4, -0.2) is 24.9 Å². The second kappa shape index (κ2) is 9.42. The smallest absolute Gasteiger partial charge is 0.243 e. The van der Waals surface area contributed by atoms with Crippen molar-refractivity contribution in [3.05, 3.63) is 66.0 Å². The number of Topliss-reactive ketones (excluding diaryl/α,β-unsaturated/α-hetero) is 1. The summed E-state index contributed by atoms with van der Waals surface area (Å²) in [4.78, 5) is 28.4. The van der Waals surface area contributed by atoms with Gasteiger partial charge in [0.05, 0.1) is 5.56 Å². The van der Waals surface area contributed by atoms with Crippen LogP contribution < -0.4 is 10.2 Å². The first-order valence-electron chi connectivity index (χ1n) is 7.53. The molecule has 24 heavy (non-hydrogen) atoms. The third kappa shape index (κ3) is 5.81. The second-order valence-corrected chi connectivity index (χ2v) is 4.94. The average Bonchev–Trinajstić information content (AvgIpc) is 2.60. The van der Waals surface area contributed by atoms with E-state index in [1.165, 1.54) is 18.2 Å². The number of benzene rings is 2. The predicted octanol–water partition coefficient (Wildman–Crippen LogP) is 2.92. The van der Waals surface area contributed by atoms with Gasteiger partial charge in [-0.05, 0) is 24.3 Å². The van der Waals surface area contributed by atoms with Crippen LogP contribution in [0.25, 0.3) is 0 Å². The Bertz CT molecular complexity index is 676. The Balaban J connectivity index is 1.60. The van der Waals surface area contributed by atoms with E-state index in [0.29, 0.717) is 5.75 Å². The molecule has 0 saturated heterocycles. The molecule has 0 bridgehead atoms. The summed E-state index contributed by atoms with van der Waals surface area (Å²) in [6.45, 7) is 0.445. The van der Waals surface area contributed by atoms with Crippen LogP contribution in [0.15, 0.2) is 54.6 Å². The number of carbonyl (C=O) groups is 2. The Morgan fingerprint density at radius 2 is 1.62 bits per heavy atom. The van der Waals surface area contributed by atoms with Gasteiger partial charge in [0, 0.05) is 12.8 Å². The van der Waals surface area contributed by atoms with Crippen molar-refractivity contribution in [2.24, 2.45) is 0 Å². The van der Waals surface area contributed by atoms with Gasteiger partial charge >= 0.3 is 0 Å². The Morgan fingerprint density at radius 3 is 2.38 bits per heavy atom.